The Labute approximate surface area is 128 Å². The molecule has 112 valence electrons. The lowest BCUT2D eigenvalue weighted by Gasteiger charge is -2.14. The van der Waals surface area contributed by atoms with E-state index in [-0.39, 0.29) is 16.9 Å². The highest BCUT2D eigenvalue weighted by Gasteiger charge is 2.24. The third-order valence-electron chi connectivity index (χ3n) is 4.11. The van der Waals surface area contributed by atoms with E-state index < -0.39 is 5.97 Å². The second-order valence-electron chi connectivity index (χ2n) is 5.46. The van der Waals surface area contributed by atoms with Gasteiger partial charge in [0, 0.05) is 17.7 Å². The van der Waals surface area contributed by atoms with E-state index in [2.05, 4.69) is 5.32 Å². The summed E-state index contributed by atoms with van der Waals surface area (Å²) in [6.07, 6.45) is 0.991. The van der Waals surface area contributed by atoms with Crippen molar-refractivity contribution in [3.8, 4) is 0 Å². The van der Waals surface area contributed by atoms with Crippen LogP contribution < -0.4 is 5.32 Å². The number of ketones is 1. The van der Waals surface area contributed by atoms with E-state index in [4.69, 9.17) is 0 Å². The van der Waals surface area contributed by atoms with Gasteiger partial charge in [-0.1, -0.05) is 42.5 Å². The Balaban J connectivity index is 2.05. The van der Waals surface area contributed by atoms with Gasteiger partial charge >= 0.3 is 5.97 Å². The number of aromatic carboxylic acids is 1. The van der Waals surface area contributed by atoms with Gasteiger partial charge in [0.15, 0.2) is 5.78 Å². The maximum atomic E-state index is 12.9. The molecule has 0 bridgehead atoms. The second kappa shape index (κ2) is 6.12. The minimum Gasteiger partial charge on any atom is -0.478 e. The molecule has 0 spiro atoms. The van der Waals surface area contributed by atoms with Crippen molar-refractivity contribution >= 4 is 11.8 Å². The number of benzene rings is 2. The molecule has 22 heavy (non-hydrogen) atoms. The van der Waals surface area contributed by atoms with Crippen molar-refractivity contribution in [1.29, 1.82) is 0 Å². The first kappa shape index (κ1) is 14.5. The van der Waals surface area contributed by atoms with Crippen molar-refractivity contribution in [2.45, 2.75) is 12.3 Å². The van der Waals surface area contributed by atoms with Crippen molar-refractivity contribution in [2.75, 3.05) is 13.1 Å². The standard InChI is InChI=1S/C18H17NO3/c20-17(15-7-3-4-8-16(15)18(21)22)14-6-2-1-5-13(14)12-9-10-19-11-12/h1-8,12,19H,9-11H2,(H,21,22). The lowest BCUT2D eigenvalue weighted by Crippen LogP contribution is -2.14. The van der Waals surface area contributed by atoms with Crippen LogP contribution in [-0.4, -0.2) is 29.9 Å². The van der Waals surface area contributed by atoms with Gasteiger partial charge in [0.2, 0.25) is 0 Å². The molecule has 0 amide bonds. The van der Waals surface area contributed by atoms with Crippen LogP contribution in [0, 0.1) is 0 Å². The molecule has 0 saturated carbocycles. The first-order valence-corrected chi connectivity index (χ1v) is 7.35. The molecule has 1 aliphatic heterocycles. The number of rotatable bonds is 4. The quantitative estimate of drug-likeness (QED) is 0.851. The molecule has 1 aliphatic rings. The van der Waals surface area contributed by atoms with Crippen LogP contribution in [0.5, 0.6) is 0 Å². The lowest BCUT2D eigenvalue weighted by molar-refractivity contribution is 0.0693. The van der Waals surface area contributed by atoms with Crippen LogP contribution in [0.3, 0.4) is 0 Å². The second-order valence-corrected chi connectivity index (χ2v) is 5.46. The molecule has 3 rings (SSSR count). The van der Waals surface area contributed by atoms with Crippen molar-refractivity contribution in [3.05, 3.63) is 70.8 Å². The van der Waals surface area contributed by atoms with Crippen LogP contribution >= 0.6 is 0 Å². The Morgan fingerprint density at radius 2 is 1.59 bits per heavy atom. The summed E-state index contributed by atoms with van der Waals surface area (Å²) < 4.78 is 0. The Kier molecular flexibility index (Phi) is 4.02. The molecule has 1 atom stereocenters. The van der Waals surface area contributed by atoms with Gasteiger partial charge in [-0.05, 0) is 30.5 Å². The Bertz CT molecular complexity index is 718. The Hall–Kier alpha value is -2.46. The van der Waals surface area contributed by atoms with E-state index in [0.717, 1.165) is 25.1 Å². The minimum absolute atomic E-state index is 0.0480. The van der Waals surface area contributed by atoms with E-state index in [1.807, 2.05) is 18.2 Å². The van der Waals surface area contributed by atoms with Gasteiger partial charge in [-0.15, -0.1) is 0 Å². The van der Waals surface area contributed by atoms with Gasteiger partial charge in [0.05, 0.1) is 5.56 Å². The zero-order chi connectivity index (χ0) is 15.5. The zero-order valence-electron chi connectivity index (χ0n) is 12.1. The van der Waals surface area contributed by atoms with Gasteiger partial charge in [-0.25, -0.2) is 4.79 Å². The highest BCUT2D eigenvalue weighted by atomic mass is 16.4. The molecule has 2 aromatic carbocycles. The maximum absolute atomic E-state index is 12.9. The Morgan fingerprint density at radius 3 is 2.23 bits per heavy atom. The molecular weight excluding hydrogens is 278 g/mol. The molecule has 4 nitrogen and oxygen atoms in total. The summed E-state index contributed by atoms with van der Waals surface area (Å²) in [7, 11) is 0. The predicted molar refractivity (Wildman–Crippen MR) is 83.5 cm³/mol. The van der Waals surface area contributed by atoms with Gasteiger partial charge < -0.3 is 10.4 Å². The molecular formula is C18H17NO3. The van der Waals surface area contributed by atoms with E-state index in [1.165, 1.54) is 6.07 Å². The first-order chi connectivity index (χ1) is 10.7. The highest BCUT2D eigenvalue weighted by molar-refractivity contribution is 6.15. The lowest BCUT2D eigenvalue weighted by atomic mass is 9.88. The number of hydrogen-bond acceptors (Lipinski definition) is 3. The van der Waals surface area contributed by atoms with Crippen molar-refractivity contribution in [3.63, 3.8) is 0 Å². The normalized spacial score (nSPS) is 17.4. The molecule has 0 radical (unpaired) electrons. The summed E-state index contributed by atoms with van der Waals surface area (Å²) >= 11 is 0. The zero-order valence-corrected chi connectivity index (χ0v) is 12.1. The van der Waals surface area contributed by atoms with E-state index in [1.54, 1.807) is 24.3 Å². The number of hydrogen-bond donors (Lipinski definition) is 2. The summed E-state index contributed by atoms with van der Waals surface area (Å²) in [6, 6.07) is 13.9. The van der Waals surface area contributed by atoms with Gasteiger partial charge in [-0.3, -0.25) is 4.79 Å². The van der Waals surface area contributed by atoms with Crippen molar-refractivity contribution in [2.24, 2.45) is 0 Å². The van der Waals surface area contributed by atoms with Crippen LogP contribution in [0.4, 0.5) is 0 Å². The fourth-order valence-corrected chi connectivity index (χ4v) is 2.99. The van der Waals surface area contributed by atoms with Crippen LogP contribution in [0.2, 0.25) is 0 Å². The molecule has 4 heteroatoms. The Morgan fingerprint density at radius 1 is 0.955 bits per heavy atom. The van der Waals surface area contributed by atoms with Crippen LogP contribution in [0.1, 0.15) is 44.2 Å². The number of carboxylic acids is 1. The SMILES string of the molecule is O=C(O)c1ccccc1C(=O)c1ccccc1C1CCNC1. The fourth-order valence-electron chi connectivity index (χ4n) is 2.99. The smallest absolute Gasteiger partial charge is 0.336 e. The van der Waals surface area contributed by atoms with Crippen molar-refractivity contribution < 1.29 is 14.7 Å². The third kappa shape index (κ3) is 2.65. The first-order valence-electron chi connectivity index (χ1n) is 7.35. The number of carbonyl (C=O) groups is 2. The van der Waals surface area contributed by atoms with Gasteiger partial charge in [-0.2, -0.15) is 0 Å². The van der Waals surface area contributed by atoms with E-state index >= 15 is 0 Å². The summed E-state index contributed by atoms with van der Waals surface area (Å²) in [5, 5.41) is 12.6. The molecule has 2 aromatic rings. The monoisotopic (exact) mass is 295 g/mol. The predicted octanol–water partition coefficient (Wildman–Crippen LogP) is 2.69. The maximum Gasteiger partial charge on any atom is 0.336 e. The molecule has 1 unspecified atom stereocenters. The van der Waals surface area contributed by atoms with Crippen molar-refractivity contribution in [1.82, 2.24) is 5.32 Å². The third-order valence-corrected chi connectivity index (χ3v) is 4.11. The molecule has 0 aromatic heterocycles. The van der Waals surface area contributed by atoms with Crippen LogP contribution in [-0.2, 0) is 0 Å². The highest BCUT2D eigenvalue weighted by Crippen LogP contribution is 2.27. The molecule has 1 heterocycles. The summed E-state index contributed by atoms with van der Waals surface area (Å²) in [4.78, 5) is 24.2. The van der Waals surface area contributed by atoms with E-state index in [9.17, 15) is 14.7 Å². The molecule has 1 saturated heterocycles. The number of carboxylic acid groups (broad SMARTS) is 1. The minimum atomic E-state index is -1.08. The fraction of sp³-hybridized carbons (Fsp3) is 0.222. The average Bonchev–Trinajstić information content (AvgIpc) is 3.08. The number of carbonyl (C=O) groups excluding carboxylic acids is 1. The van der Waals surface area contributed by atoms with E-state index in [0.29, 0.717) is 11.5 Å². The van der Waals surface area contributed by atoms with Crippen LogP contribution in [0.15, 0.2) is 48.5 Å². The average molecular weight is 295 g/mol. The van der Waals surface area contributed by atoms with Gasteiger partial charge in [0.25, 0.3) is 0 Å². The van der Waals surface area contributed by atoms with Crippen LogP contribution in [0.25, 0.3) is 0 Å². The molecule has 2 N–H and O–H groups in total. The molecule has 0 aliphatic carbocycles. The number of nitrogens with one attached hydrogen (secondary N) is 1. The molecule has 1 fully saturated rings. The summed E-state index contributed by atoms with van der Waals surface area (Å²) in [5.74, 6) is -0.999. The van der Waals surface area contributed by atoms with Gasteiger partial charge in [0.1, 0.15) is 0 Å². The summed E-state index contributed by atoms with van der Waals surface area (Å²) in [5.41, 5.74) is 1.89. The largest absolute Gasteiger partial charge is 0.478 e. The summed E-state index contributed by atoms with van der Waals surface area (Å²) in [6.45, 7) is 1.80. The topological polar surface area (TPSA) is 66.4 Å².